The van der Waals surface area contributed by atoms with Gasteiger partial charge in [-0.25, -0.2) is 0 Å². The summed E-state index contributed by atoms with van der Waals surface area (Å²) in [5.74, 6) is 1.08. The highest BCUT2D eigenvalue weighted by atomic mass is 16.5. The molecule has 2 amide bonds. The monoisotopic (exact) mass is 382 g/mol. The summed E-state index contributed by atoms with van der Waals surface area (Å²) < 4.78 is 10.3. The number of nitrogens with one attached hydrogen (secondary N) is 2. The van der Waals surface area contributed by atoms with Gasteiger partial charge in [0.15, 0.2) is 0 Å². The average Bonchev–Trinajstić information content (AvgIpc) is 2.75. The van der Waals surface area contributed by atoms with E-state index in [0.717, 1.165) is 42.1 Å². The van der Waals surface area contributed by atoms with Gasteiger partial charge in [-0.15, -0.1) is 0 Å². The summed E-state index contributed by atoms with van der Waals surface area (Å²) in [6.45, 7) is 0. The lowest BCUT2D eigenvalue weighted by atomic mass is 9.80. The number of methoxy groups -OCH3 is 2. The van der Waals surface area contributed by atoms with Crippen LogP contribution in [0.3, 0.4) is 0 Å². The molecule has 0 bridgehead atoms. The van der Waals surface area contributed by atoms with E-state index < -0.39 is 0 Å². The number of carbonyl (C=O) groups excluding carboxylic acids is 2. The van der Waals surface area contributed by atoms with Crippen molar-refractivity contribution in [3.05, 3.63) is 48.5 Å². The van der Waals surface area contributed by atoms with E-state index in [4.69, 9.17) is 9.47 Å². The largest absolute Gasteiger partial charge is 0.497 e. The van der Waals surface area contributed by atoms with Crippen LogP contribution in [0.1, 0.15) is 25.7 Å². The number of hydrogen-bond acceptors (Lipinski definition) is 4. The number of rotatable bonds is 6. The molecule has 1 aliphatic carbocycles. The SMILES string of the molecule is COc1ccc(NC(=O)C2CCCC(C(=O)Nc3ccc(OC)cc3)C2)cc1. The summed E-state index contributed by atoms with van der Waals surface area (Å²) in [7, 11) is 3.21. The highest BCUT2D eigenvalue weighted by molar-refractivity contribution is 5.95. The van der Waals surface area contributed by atoms with Gasteiger partial charge in [-0.2, -0.15) is 0 Å². The van der Waals surface area contributed by atoms with E-state index in [1.165, 1.54) is 0 Å². The summed E-state index contributed by atoms with van der Waals surface area (Å²) in [5.41, 5.74) is 1.46. The van der Waals surface area contributed by atoms with Crippen LogP contribution in [0.15, 0.2) is 48.5 Å². The molecule has 2 N–H and O–H groups in total. The predicted octanol–water partition coefficient (Wildman–Crippen LogP) is 4.09. The van der Waals surface area contributed by atoms with Gasteiger partial charge in [-0.3, -0.25) is 9.59 Å². The zero-order valence-electron chi connectivity index (χ0n) is 16.2. The van der Waals surface area contributed by atoms with Crippen molar-refractivity contribution in [1.29, 1.82) is 0 Å². The Bertz CT molecular complexity index is 735. The molecule has 148 valence electrons. The maximum atomic E-state index is 12.6. The summed E-state index contributed by atoms with van der Waals surface area (Å²) in [6, 6.07) is 14.5. The van der Waals surface area contributed by atoms with E-state index in [0.29, 0.717) is 6.42 Å². The van der Waals surface area contributed by atoms with Crippen LogP contribution in [0, 0.1) is 11.8 Å². The van der Waals surface area contributed by atoms with Gasteiger partial charge >= 0.3 is 0 Å². The Morgan fingerprint density at radius 1 is 0.750 bits per heavy atom. The topological polar surface area (TPSA) is 76.7 Å². The highest BCUT2D eigenvalue weighted by Crippen LogP contribution is 2.31. The quantitative estimate of drug-likeness (QED) is 0.789. The number of amides is 2. The van der Waals surface area contributed by atoms with Crippen LogP contribution in [-0.2, 0) is 9.59 Å². The molecule has 3 rings (SSSR count). The minimum atomic E-state index is -0.164. The smallest absolute Gasteiger partial charge is 0.227 e. The van der Waals surface area contributed by atoms with Gasteiger partial charge < -0.3 is 20.1 Å². The van der Waals surface area contributed by atoms with Crippen LogP contribution in [0.25, 0.3) is 0 Å². The van der Waals surface area contributed by atoms with Crippen LogP contribution in [-0.4, -0.2) is 26.0 Å². The maximum Gasteiger partial charge on any atom is 0.227 e. The molecule has 0 radical (unpaired) electrons. The van der Waals surface area contributed by atoms with Crippen LogP contribution >= 0.6 is 0 Å². The molecular formula is C22H26N2O4. The van der Waals surface area contributed by atoms with Gasteiger partial charge in [0.2, 0.25) is 11.8 Å². The Morgan fingerprint density at radius 2 is 1.14 bits per heavy atom. The first kappa shape index (κ1) is 19.7. The van der Waals surface area contributed by atoms with Gasteiger partial charge in [0.25, 0.3) is 0 Å². The summed E-state index contributed by atoms with van der Waals surface area (Å²) >= 11 is 0. The lowest BCUT2D eigenvalue weighted by Crippen LogP contribution is -2.33. The minimum Gasteiger partial charge on any atom is -0.497 e. The van der Waals surface area contributed by atoms with E-state index in [9.17, 15) is 9.59 Å². The molecule has 28 heavy (non-hydrogen) atoms. The molecule has 0 saturated heterocycles. The molecule has 2 unspecified atom stereocenters. The van der Waals surface area contributed by atoms with Gasteiger partial charge in [-0.1, -0.05) is 6.42 Å². The zero-order chi connectivity index (χ0) is 19.9. The first-order valence-electron chi connectivity index (χ1n) is 9.49. The fraction of sp³-hybridized carbons (Fsp3) is 0.364. The highest BCUT2D eigenvalue weighted by Gasteiger charge is 2.31. The third-order valence-corrected chi connectivity index (χ3v) is 5.13. The lowest BCUT2D eigenvalue weighted by Gasteiger charge is -2.27. The normalized spacial score (nSPS) is 18.8. The third kappa shape index (κ3) is 5.03. The number of benzene rings is 2. The minimum absolute atomic E-state index is 0.0351. The Morgan fingerprint density at radius 3 is 1.50 bits per heavy atom. The Kier molecular flexibility index (Phi) is 6.53. The molecule has 0 spiro atoms. The van der Waals surface area contributed by atoms with E-state index in [1.807, 2.05) is 48.5 Å². The van der Waals surface area contributed by atoms with Crippen molar-refractivity contribution in [2.75, 3.05) is 24.9 Å². The maximum absolute atomic E-state index is 12.6. The summed E-state index contributed by atoms with van der Waals surface area (Å²) in [4.78, 5) is 25.3. The van der Waals surface area contributed by atoms with E-state index in [2.05, 4.69) is 10.6 Å². The fourth-order valence-corrected chi connectivity index (χ4v) is 3.50. The third-order valence-electron chi connectivity index (χ3n) is 5.13. The number of anilines is 2. The van der Waals surface area contributed by atoms with Gasteiger partial charge in [0.05, 0.1) is 14.2 Å². The number of hydrogen-bond donors (Lipinski definition) is 2. The van der Waals surface area contributed by atoms with E-state index in [1.54, 1.807) is 14.2 Å². The van der Waals surface area contributed by atoms with Crippen molar-refractivity contribution < 1.29 is 19.1 Å². The second-order valence-electron chi connectivity index (χ2n) is 7.00. The second kappa shape index (κ2) is 9.26. The van der Waals surface area contributed by atoms with Crippen molar-refractivity contribution in [2.24, 2.45) is 11.8 Å². The molecule has 0 aliphatic heterocycles. The van der Waals surface area contributed by atoms with Crippen molar-refractivity contribution >= 4 is 23.2 Å². The summed E-state index contributed by atoms with van der Waals surface area (Å²) in [6.07, 6.45) is 3.02. The fourth-order valence-electron chi connectivity index (χ4n) is 3.50. The molecule has 2 atom stereocenters. The molecular weight excluding hydrogens is 356 g/mol. The van der Waals surface area contributed by atoms with Gasteiger partial charge in [0, 0.05) is 23.2 Å². The van der Waals surface area contributed by atoms with Crippen molar-refractivity contribution in [2.45, 2.75) is 25.7 Å². The first-order chi connectivity index (χ1) is 13.6. The lowest BCUT2D eigenvalue weighted by molar-refractivity contribution is -0.124. The van der Waals surface area contributed by atoms with Gasteiger partial charge in [-0.05, 0) is 67.8 Å². The molecule has 6 nitrogen and oxygen atoms in total. The Labute approximate surface area is 165 Å². The number of ether oxygens (including phenoxy) is 2. The molecule has 1 aliphatic rings. The molecule has 2 aromatic carbocycles. The molecule has 2 aromatic rings. The standard InChI is InChI=1S/C22H26N2O4/c1-27-19-10-6-17(7-11-19)23-21(25)15-4-3-5-16(14-15)22(26)24-18-8-12-20(28-2)13-9-18/h6-13,15-16H,3-5,14H2,1-2H3,(H,23,25)(H,24,26). The molecule has 0 heterocycles. The Hall–Kier alpha value is -3.02. The van der Waals surface area contributed by atoms with Crippen LogP contribution in [0.2, 0.25) is 0 Å². The van der Waals surface area contributed by atoms with Gasteiger partial charge in [0.1, 0.15) is 11.5 Å². The summed E-state index contributed by atoms with van der Waals surface area (Å²) in [5, 5.41) is 5.89. The van der Waals surface area contributed by atoms with Crippen LogP contribution < -0.4 is 20.1 Å². The molecule has 6 heteroatoms. The van der Waals surface area contributed by atoms with Crippen LogP contribution in [0.5, 0.6) is 11.5 Å². The van der Waals surface area contributed by atoms with Crippen molar-refractivity contribution in [1.82, 2.24) is 0 Å². The van der Waals surface area contributed by atoms with Crippen molar-refractivity contribution in [3.8, 4) is 11.5 Å². The molecule has 1 fully saturated rings. The van der Waals surface area contributed by atoms with E-state index >= 15 is 0 Å². The molecule has 0 aromatic heterocycles. The second-order valence-corrected chi connectivity index (χ2v) is 7.00. The zero-order valence-corrected chi connectivity index (χ0v) is 16.2. The predicted molar refractivity (Wildman–Crippen MR) is 109 cm³/mol. The van der Waals surface area contributed by atoms with Crippen molar-refractivity contribution in [3.63, 3.8) is 0 Å². The average molecular weight is 382 g/mol. The molecule has 1 saturated carbocycles. The first-order valence-corrected chi connectivity index (χ1v) is 9.49. The Balaban J connectivity index is 1.55. The van der Waals surface area contributed by atoms with E-state index in [-0.39, 0.29) is 23.7 Å². The number of carbonyl (C=O) groups is 2. The van der Waals surface area contributed by atoms with Crippen LogP contribution in [0.4, 0.5) is 11.4 Å².